The maximum atomic E-state index is 15.0. The maximum Gasteiger partial charge on any atom is 0.494 e. The van der Waals surface area contributed by atoms with E-state index in [-0.39, 0.29) is 23.9 Å². The summed E-state index contributed by atoms with van der Waals surface area (Å²) in [5.41, 5.74) is 0.268. The van der Waals surface area contributed by atoms with Crippen LogP contribution in [-0.2, 0) is 25.4 Å². The maximum absolute atomic E-state index is 15.0. The highest BCUT2D eigenvalue weighted by atomic mass is 19.1. The lowest BCUT2D eigenvalue weighted by molar-refractivity contribution is -0.172. The van der Waals surface area contributed by atoms with Crippen LogP contribution in [0.15, 0.2) is 18.2 Å². The van der Waals surface area contributed by atoms with Gasteiger partial charge in [0.1, 0.15) is 12.4 Å². The predicted molar refractivity (Wildman–Crippen MR) is 120 cm³/mol. The number of halogens is 1. The fourth-order valence-corrected chi connectivity index (χ4v) is 4.94. The molecular formula is C24H34BFN2O4. The van der Waals surface area contributed by atoms with E-state index < -0.39 is 18.3 Å². The molecule has 0 radical (unpaired) electrons. The minimum Gasteiger partial charge on any atom is -0.399 e. The zero-order valence-corrected chi connectivity index (χ0v) is 19.7. The van der Waals surface area contributed by atoms with Crippen molar-refractivity contribution in [3.05, 3.63) is 29.6 Å². The highest BCUT2D eigenvalue weighted by Crippen LogP contribution is 2.38. The van der Waals surface area contributed by atoms with Gasteiger partial charge in [-0.15, -0.1) is 0 Å². The second kappa shape index (κ2) is 7.79. The lowest BCUT2D eigenvalue weighted by Gasteiger charge is -2.47. The van der Waals surface area contributed by atoms with Crippen molar-refractivity contribution in [2.24, 2.45) is 0 Å². The van der Waals surface area contributed by atoms with E-state index in [1.807, 2.05) is 44.7 Å². The zero-order chi connectivity index (χ0) is 22.7. The molecule has 1 amide bonds. The van der Waals surface area contributed by atoms with Crippen LogP contribution in [0.3, 0.4) is 0 Å². The molecule has 1 aromatic carbocycles. The van der Waals surface area contributed by atoms with Crippen molar-refractivity contribution < 1.29 is 23.2 Å². The Kier molecular flexibility index (Phi) is 5.44. The molecule has 8 heteroatoms. The van der Waals surface area contributed by atoms with Crippen LogP contribution < -0.4 is 5.46 Å². The summed E-state index contributed by atoms with van der Waals surface area (Å²) in [5.74, 6) is -0.0957. The van der Waals surface area contributed by atoms with Crippen LogP contribution >= 0.6 is 0 Å². The third kappa shape index (κ3) is 4.11. The molecule has 1 saturated carbocycles. The van der Waals surface area contributed by atoms with Crippen LogP contribution in [0.1, 0.15) is 58.9 Å². The van der Waals surface area contributed by atoms with E-state index in [2.05, 4.69) is 4.90 Å². The summed E-state index contributed by atoms with van der Waals surface area (Å²) in [6.07, 6.45) is 3.98. The summed E-state index contributed by atoms with van der Waals surface area (Å²) < 4.78 is 33.1. The van der Waals surface area contributed by atoms with Gasteiger partial charge in [0.05, 0.1) is 23.3 Å². The average molecular weight is 444 g/mol. The summed E-state index contributed by atoms with van der Waals surface area (Å²) >= 11 is 0. The molecule has 3 aliphatic heterocycles. The van der Waals surface area contributed by atoms with Gasteiger partial charge in [0, 0.05) is 31.2 Å². The zero-order valence-electron chi connectivity index (χ0n) is 19.7. The van der Waals surface area contributed by atoms with Crippen LogP contribution in [0.5, 0.6) is 0 Å². The van der Waals surface area contributed by atoms with E-state index in [1.54, 1.807) is 6.07 Å². The van der Waals surface area contributed by atoms with Crippen molar-refractivity contribution in [2.45, 2.75) is 82.8 Å². The molecule has 6 nitrogen and oxygen atoms in total. The van der Waals surface area contributed by atoms with Crippen molar-refractivity contribution in [1.82, 2.24) is 9.80 Å². The number of piperidine rings is 1. The molecule has 1 aromatic rings. The quantitative estimate of drug-likeness (QED) is 0.669. The van der Waals surface area contributed by atoms with Crippen molar-refractivity contribution in [1.29, 1.82) is 0 Å². The number of benzene rings is 1. The van der Waals surface area contributed by atoms with Crippen LogP contribution in [0.2, 0.25) is 0 Å². The fourth-order valence-electron chi connectivity index (χ4n) is 4.94. The molecule has 32 heavy (non-hydrogen) atoms. The number of carbonyl (C=O) groups is 1. The second-order valence-corrected chi connectivity index (χ2v) is 10.9. The largest absolute Gasteiger partial charge is 0.494 e. The van der Waals surface area contributed by atoms with Gasteiger partial charge in [-0.05, 0) is 64.9 Å². The Bertz CT molecular complexity index is 880. The van der Waals surface area contributed by atoms with E-state index in [4.69, 9.17) is 14.0 Å². The molecule has 0 N–H and O–H groups in total. The van der Waals surface area contributed by atoms with Gasteiger partial charge in [-0.3, -0.25) is 9.69 Å². The topological polar surface area (TPSA) is 51.2 Å². The third-order valence-electron chi connectivity index (χ3n) is 8.03. The average Bonchev–Trinajstić information content (AvgIpc) is 3.54. The third-order valence-corrected chi connectivity index (χ3v) is 8.03. The number of nitrogens with zero attached hydrogens (tertiary/aromatic N) is 2. The smallest absolute Gasteiger partial charge is 0.399 e. The molecule has 4 fully saturated rings. The fraction of sp³-hybridized carbons (Fsp3) is 0.708. The summed E-state index contributed by atoms with van der Waals surface area (Å²) in [6, 6.07) is 5.74. The minimum atomic E-state index is -0.557. The second-order valence-electron chi connectivity index (χ2n) is 10.9. The SMILES string of the molecule is CC1(C)OB(c2ccc(CN3CCC4(CC3)CN(C3CC3)C(=O)CO4)c(F)c2)OC1(C)C. The number of amides is 1. The number of rotatable bonds is 4. The lowest BCUT2D eigenvalue weighted by Crippen LogP contribution is -2.59. The monoisotopic (exact) mass is 444 g/mol. The van der Waals surface area contributed by atoms with Crippen molar-refractivity contribution in [3.63, 3.8) is 0 Å². The number of morpholine rings is 1. The molecule has 0 bridgehead atoms. The van der Waals surface area contributed by atoms with Crippen LogP contribution in [-0.4, -0.2) is 71.9 Å². The molecule has 3 heterocycles. The molecule has 0 unspecified atom stereocenters. The predicted octanol–water partition coefficient (Wildman–Crippen LogP) is 2.48. The van der Waals surface area contributed by atoms with Gasteiger partial charge in [0.2, 0.25) is 5.91 Å². The van der Waals surface area contributed by atoms with Gasteiger partial charge in [-0.25, -0.2) is 4.39 Å². The van der Waals surface area contributed by atoms with E-state index >= 15 is 0 Å². The molecular weight excluding hydrogens is 410 g/mol. The van der Waals surface area contributed by atoms with Crippen LogP contribution in [0.4, 0.5) is 4.39 Å². The van der Waals surface area contributed by atoms with E-state index in [1.165, 1.54) is 0 Å². The molecule has 5 rings (SSSR count). The van der Waals surface area contributed by atoms with Crippen molar-refractivity contribution >= 4 is 18.5 Å². The van der Waals surface area contributed by atoms with Gasteiger partial charge in [0.25, 0.3) is 0 Å². The Labute approximate surface area is 190 Å². The number of hydrogen-bond donors (Lipinski definition) is 0. The first-order valence-electron chi connectivity index (χ1n) is 11.9. The summed E-state index contributed by atoms with van der Waals surface area (Å²) in [6.45, 7) is 11.1. The molecule has 1 aliphatic carbocycles. The summed E-state index contributed by atoms with van der Waals surface area (Å²) in [7, 11) is -0.557. The Morgan fingerprint density at radius 1 is 1.09 bits per heavy atom. The Morgan fingerprint density at radius 3 is 2.34 bits per heavy atom. The highest BCUT2D eigenvalue weighted by Gasteiger charge is 2.52. The summed E-state index contributed by atoms with van der Waals surface area (Å²) in [4.78, 5) is 16.5. The van der Waals surface area contributed by atoms with Crippen molar-refractivity contribution in [2.75, 3.05) is 26.2 Å². The minimum absolute atomic E-state index is 0.129. The molecule has 0 atom stereocenters. The van der Waals surface area contributed by atoms with Crippen LogP contribution in [0.25, 0.3) is 0 Å². The van der Waals surface area contributed by atoms with Gasteiger partial charge in [-0.2, -0.15) is 0 Å². The Morgan fingerprint density at radius 2 is 1.75 bits per heavy atom. The molecule has 174 valence electrons. The normalized spacial score (nSPS) is 27.3. The first-order chi connectivity index (χ1) is 15.1. The molecule has 0 aromatic heterocycles. The van der Waals surface area contributed by atoms with E-state index in [9.17, 15) is 9.18 Å². The molecule has 4 aliphatic rings. The van der Waals surface area contributed by atoms with Gasteiger partial charge >= 0.3 is 7.12 Å². The van der Waals surface area contributed by atoms with Crippen molar-refractivity contribution in [3.8, 4) is 0 Å². The first-order valence-corrected chi connectivity index (χ1v) is 11.9. The van der Waals surface area contributed by atoms with E-state index in [0.29, 0.717) is 30.2 Å². The van der Waals surface area contributed by atoms with Crippen LogP contribution in [0, 0.1) is 5.82 Å². The summed E-state index contributed by atoms with van der Waals surface area (Å²) in [5, 5.41) is 0. The Hall–Kier alpha value is -1.48. The number of carbonyl (C=O) groups excluding carboxylic acids is 1. The Balaban J connectivity index is 1.19. The molecule has 1 spiro atoms. The first kappa shape index (κ1) is 22.3. The van der Waals surface area contributed by atoms with Gasteiger partial charge < -0.3 is 18.9 Å². The molecule has 3 saturated heterocycles. The van der Waals surface area contributed by atoms with E-state index in [0.717, 1.165) is 38.8 Å². The number of hydrogen-bond acceptors (Lipinski definition) is 5. The lowest BCUT2D eigenvalue weighted by atomic mass is 9.78. The highest BCUT2D eigenvalue weighted by molar-refractivity contribution is 6.62. The van der Waals surface area contributed by atoms with Gasteiger partial charge in [-0.1, -0.05) is 12.1 Å². The number of likely N-dealkylation sites (tertiary alicyclic amines) is 1. The van der Waals surface area contributed by atoms with Gasteiger partial charge in [0.15, 0.2) is 0 Å². The number of ether oxygens (including phenoxy) is 1. The standard InChI is InChI=1S/C24H34BFN2O4/c1-22(2)23(3,4)32-25(31-22)18-6-5-17(20(26)13-18)14-27-11-9-24(10-12-27)16-28(19-7-8-19)21(29)15-30-24/h5-6,13,19H,7-12,14-16H2,1-4H3.